The van der Waals surface area contributed by atoms with Crippen LogP contribution in [0.15, 0.2) is 37.0 Å². The fourth-order valence-electron chi connectivity index (χ4n) is 1.45. The third kappa shape index (κ3) is 5.76. The van der Waals surface area contributed by atoms with E-state index in [1.54, 1.807) is 12.2 Å². The Balaban J connectivity index is 4.14. The largest absolute Gasteiger partial charge is 0.389 e. The van der Waals surface area contributed by atoms with Gasteiger partial charge in [-0.15, -0.1) is 13.2 Å². The zero-order valence-electron chi connectivity index (χ0n) is 9.42. The lowest BCUT2D eigenvalue weighted by Crippen LogP contribution is -2.26. The van der Waals surface area contributed by atoms with E-state index in [-0.39, 0.29) is 0 Å². The van der Waals surface area contributed by atoms with Gasteiger partial charge in [-0.3, -0.25) is 0 Å². The third-order valence-electron chi connectivity index (χ3n) is 2.21. The van der Waals surface area contributed by atoms with Crippen LogP contribution in [-0.2, 0) is 0 Å². The lowest BCUT2D eigenvalue weighted by Gasteiger charge is -2.24. The van der Waals surface area contributed by atoms with Gasteiger partial charge in [-0.05, 0) is 39.5 Å². The topological polar surface area (TPSA) is 20.2 Å². The summed E-state index contributed by atoms with van der Waals surface area (Å²) in [5.74, 6) is 0. The number of aliphatic hydroxyl groups is 1. The first-order valence-corrected chi connectivity index (χ1v) is 5.11. The Morgan fingerprint density at radius 3 is 2.07 bits per heavy atom. The molecule has 0 aromatic heterocycles. The van der Waals surface area contributed by atoms with Gasteiger partial charge in [-0.2, -0.15) is 0 Å². The molecule has 80 valence electrons. The number of rotatable bonds is 7. The molecule has 0 bridgehead atoms. The van der Waals surface area contributed by atoms with Crippen molar-refractivity contribution >= 4 is 0 Å². The number of allylic oxidation sites excluding steroid dienone is 2. The van der Waals surface area contributed by atoms with Gasteiger partial charge in [0.1, 0.15) is 0 Å². The summed E-state index contributed by atoms with van der Waals surface area (Å²) in [6, 6.07) is 0. The van der Waals surface area contributed by atoms with Gasteiger partial charge in [0.05, 0.1) is 5.60 Å². The van der Waals surface area contributed by atoms with Crippen LogP contribution in [0, 0.1) is 0 Å². The summed E-state index contributed by atoms with van der Waals surface area (Å²) in [4.78, 5) is 0. The molecule has 1 nitrogen and oxygen atoms in total. The van der Waals surface area contributed by atoms with Crippen molar-refractivity contribution in [2.45, 2.75) is 45.1 Å². The molecule has 0 heterocycles. The summed E-state index contributed by atoms with van der Waals surface area (Å²) in [6.07, 6.45) is 8.65. The first kappa shape index (κ1) is 13.2. The molecule has 14 heavy (non-hydrogen) atoms. The molecule has 0 aromatic carbocycles. The van der Waals surface area contributed by atoms with Crippen molar-refractivity contribution in [2.24, 2.45) is 0 Å². The maximum absolute atomic E-state index is 10.2. The van der Waals surface area contributed by atoms with Crippen LogP contribution in [0.2, 0.25) is 0 Å². The number of hydrogen-bond acceptors (Lipinski definition) is 1. The molecular formula is C13H22O. The molecule has 1 N–H and O–H groups in total. The van der Waals surface area contributed by atoms with Gasteiger partial charge < -0.3 is 5.11 Å². The quantitative estimate of drug-likeness (QED) is 0.614. The van der Waals surface area contributed by atoms with Crippen molar-refractivity contribution in [3.63, 3.8) is 0 Å². The molecule has 0 saturated heterocycles. The minimum atomic E-state index is -0.643. The van der Waals surface area contributed by atoms with Crippen LogP contribution in [-0.4, -0.2) is 10.7 Å². The molecule has 0 aliphatic heterocycles. The van der Waals surface area contributed by atoms with E-state index in [4.69, 9.17) is 0 Å². The first-order chi connectivity index (χ1) is 6.54. The maximum Gasteiger partial charge on any atom is 0.0719 e. The molecule has 0 fully saturated rings. The Hall–Kier alpha value is -0.820. The second-order valence-corrected chi connectivity index (χ2v) is 4.03. The van der Waals surface area contributed by atoms with Gasteiger partial charge in [-0.1, -0.05) is 23.8 Å². The molecule has 0 rings (SSSR count). The third-order valence-corrected chi connectivity index (χ3v) is 2.21. The lowest BCUT2D eigenvalue weighted by atomic mass is 9.90. The number of hydrogen-bond donors (Lipinski definition) is 1. The van der Waals surface area contributed by atoms with Crippen LogP contribution in [0.25, 0.3) is 0 Å². The van der Waals surface area contributed by atoms with E-state index in [9.17, 15) is 5.11 Å². The molecule has 0 aliphatic rings. The first-order valence-electron chi connectivity index (χ1n) is 5.11. The van der Waals surface area contributed by atoms with Crippen molar-refractivity contribution in [1.82, 2.24) is 0 Å². The molecule has 1 heteroatoms. The fourth-order valence-corrected chi connectivity index (χ4v) is 1.45. The highest BCUT2D eigenvalue weighted by Gasteiger charge is 2.22. The Kier molecular flexibility index (Phi) is 6.22. The summed E-state index contributed by atoms with van der Waals surface area (Å²) in [7, 11) is 0. The Bertz CT molecular complexity index is 199. The smallest absolute Gasteiger partial charge is 0.0719 e. The van der Waals surface area contributed by atoms with Crippen LogP contribution in [0.3, 0.4) is 0 Å². The van der Waals surface area contributed by atoms with Crippen LogP contribution in [0.5, 0.6) is 0 Å². The average Bonchev–Trinajstić information content (AvgIpc) is 2.03. The summed E-state index contributed by atoms with van der Waals surface area (Å²) in [5, 5.41) is 10.2. The standard InChI is InChI=1S/C13H22O/c1-5-9-13(14,10-6-2)11-7-8-12(3)4/h5-6,8,14H,1-2,7,9-11H2,3-4H3. The van der Waals surface area contributed by atoms with Crippen molar-refractivity contribution < 1.29 is 5.11 Å². The second-order valence-electron chi connectivity index (χ2n) is 4.03. The zero-order chi connectivity index (χ0) is 11.0. The highest BCUT2D eigenvalue weighted by atomic mass is 16.3. The Morgan fingerprint density at radius 2 is 1.71 bits per heavy atom. The van der Waals surface area contributed by atoms with E-state index in [0.717, 1.165) is 12.8 Å². The normalized spacial score (nSPS) is 10.8. The van der Waals surface area contributed by atoms with E-state index in [0.29, 0.717) is 12.8 Å². The second kappa shape index (κ2) is 6.61. The summed E-state index contributed by atoms with van der Waals surface area (Å²) < 4.78 is 0. The summed E-state index contributed by atoms with van der Waals surface area (Å²) >= 11 is 0. The minimum Gasteiger partial charge on any atom is -0.389 e. The summed E-state index contributed by atoms with van der Waals surface area (Å²) in [5.41, 5.74) is 0.652. The molecule has 0 spiro atoms. The van der Waals surface area contributed by atoms with Gasteiger partial charge in [0.15, 0.2) is 0 Å². The molecule has 0 unspecified atom stereocenters. The molecule has 0 saturated carbocycles. The van der Waals surface area contributed by atoms with E-state index in [1.165, 1.54) is 5.57 Å². The minimum absolute atomic E-state index is 0.635. The Morgan fingerprint density at radius 1 is 1.21 bits per heavy atom. The Labute approximate surface area is 87.8 Å². The fraction of sp³-hybridized carbons (Fsp3) is 0.538. The van der Waals surface area contributed by atoms with E-state index in [1.807, 2.05) is 0 Å². The van der Waals surface area contributed by atoms with Gasteiger partial charge in [0.2, 0.25) is 0 Å². The van der Waals surface area contributed by atoms with Crippen LogP contribution in [0.1, 0.15) is 39.5 Å². The van der Waals surface area contributed by atoms with E-state index < -0.39 is 5.60 Å². The molecular weight excluding hydrogens is 172 g/mol. The van der Waals surface area contributed by atoms with Crippen molar-refractivity contribution in [1.29, 1.82) is 0 Å². The highest BCUT2D eigenvalue weighted by Crippen LogP contribution is 2.23. The molecule has 0 amide bonds. The van der Waals surface area contributed by atoms with Gasteiger partial charge in [0.25, 0.3) is 0 Å². The van der Waals surface area contributed by atoms with Crippen LogP contribution < -0.4 is 0 Å². The molecule has 0 aliphatic carbocycles. The highest BCUT2D eigenvalue weighted by molar-refractivity contribution is 4.97. The van der Waals surface area contributed by atoms with Crippen molar-refractivity contribution in [2.75, 3.05) is 0 Å². The SMILES string of the molecule is C=CCC(O)(CC=C)CCC=C(C)C. The zero-order valence-corrected chi connectivity index (χ0v) is 9.42. The molecule has 0 aromatic rings. The van der Waals surface area contributed by atoms with Crippen molar-refractivity contribution in [3.8, 4) is 0 Å². The lowest BCUT2D eigenvalue weighted by molar-refractivity contribution is 0.0384. The maximum atomic E-state index is 10.2. The monoisotopic (exact) mass is 194 g/mol. The van der Waals surface area contributed by atoms with E-state index in [2.05, 4.69) is 33.1 Å². The average molecular weight is 194 g/mol. The molecule has 0 atom stereocenters. The van der Waals surface area contributed by atoms with Crippen molar-refractivity contribution in [3.05, 3.63) is 37.0 Å². The predicted molar refractivity (Wildman–Crippen MR) is 63.2 cm³/mol. The van der Waals surface area contributed by atoms with Crippen LogP contribution in [0.4, 0.5) is 0 Å². The van der Waals surface area contributed by atoms with E-state index >= 15 is 0 Å². The van der Waals surface area contributed by atoms with Gasteiger partial charge >= 0.3 is 0 Å². The molecule has 0 radical (unpaired) electrons. The van der Waals surface area contributed by atoms with Gasteiger partial charge in [-0.25, -0.2) is 0 Å². The van der Waals surface area contributed by atoms with Gasteiger partial charge in [0, 0.05) is 0 Å². The summed E-state index contributed by atoms with van der Waals surface area (Å²) in [6.45, 7) is 11.5. The predicted octanol–water partition coefficient (Wildman–Crippen LogP) is 3.62. The van der Waals surface area contributed by atoms with Crippen LogP contribution >= 0.6 is 0 Å².